The van der Waals surface area contributed by atoms with Gasteiger partial charge in [0.15, 0.2) is 0 Å². The fourth-order valence-electron chi connectivity index (χ4n) is 2.38. The van der Waals surface area contributed by atoms with Crippen molar-refractivity contribution < 1.29 is 0 Å². The fraction of sp³-hybridized carbons (Fsp3) is 0.667. The third-order valence-electron chi connectivity index (χ3n) is 3.13. The summed E-state index contributed by atoms with van der Waals surface area (Å²) >= 11 is 0. The van der Waals surface area contributed by atoms with Gasteiger partial charge in [-0.3, -0.25) is 4.98 Å². The zero-order chi connectivity index (χ0) is 12.3. The van der Waals surface area contributed by atoms with Crippen molar-refractivity contribution in [1.29, 1.82) is 0 Å². The maximum absolute atomic E-state index is 5.60. The van der Waals surface area contributed by atoms with E-state index in [0.717, 1.165) is 24.6 Å². The van der Waals surface area contributed by atoms with Gasteiger partial charge in [-0.15, -0.1) is 0 Å². The minimum atomic E-state index is 0.451. The van der Waals surface area contributed by atoms with Crippen LogP contribution >= 0.6 is 0 Å². The molecule has 1 unspecified atom stereocenters. The normalized spacial score (nSPS) is 20.2. The Labute approximate surface area is 103 Å². The molecule has 0 aromatic carbocycles. The lowest BCUT2D eigenvalue weighted by molar-refractivity contribution is 0.371. The second-order valence-electron chi connectivity index (χ2n) is 4.82. The average molecular weight is 235 g/mol. The topological polar surface area (TPSA) is 58.3 Å². The Balaban J connectivity index is 2.14. The molecule has 0 amide bonds. The maximum atomic E-state index is 5.60. The molecule has 1 aliphatic heterocycles. The van der Waals surface area contributed by atoms with Gasteiger partial charge in [-0.25, -0.2) is 4.98 Å². The van der Waals surface area contributed by atoms with Crippen molar-refractivity contribution in [3.05, 3.63) is 18.1 Å². The van der Waals surface area contributed by atoms with Crippen molar-refractivity contribution in [2.24, 2.45) is 5.73 Å². The predicted molar refractivity (Wildman–Crippen MR) is 68.8 cm³/mol. The third-order valence-corrected chi connectivity index (χ3v) is 3.13. The number of likely N-dealkylation sites (N-methyl/N-ethyl adjacent to an activating group) is 1. The second kappa shape index (κ2) is 5.42. The quantitative estimate of drug-likeness (QED) is 0.822. The van der Waals surface area contributed by atoms with Crippen molar-refractivity contribution in [3.63, 3.8) is 0 Å². The Morgan fingerprint density at radius 2 is 2.29 bits per heavy atom. The number of rotatable bonds is 4. The van der Waals surface area contributed by atoms with E-state index in [1.165, 1.54) is 12.8 Å². The number of hydrogen-bond acceptors (Lipinski definition) is 5. The Kier molecular flexibility index (Phi) is 3.91. The molecule has 94 valence electrons. The van der Waals surface area contributed by atoms with Crippen molar-refractivity contribution in [2.75, 3.05) is 32.1 Å². The van der Waals surface area contributed by atoms with E-state index >= 15 is 0 Å². The summed E-state index contributed by atoms with van der Waals surface area (Å²) in [5.74, 6) is 0.970. The molecule has 1 aromatic rings. The minimum absolute atomic E-state index is 0.451. The van der Waals surface area contributed by atoms with Gasteiger partial charge in [-0.2, -0.15) is 0 Å². The van der Waals surface area contributed by atoms with Gasteiger partial charge < -0.3 is 15.5 Å². The number of nitrogens with two attached hydrogens (primary N) is 1. The van der Waals surface area contributed by atoms with Gasteiger partial charge in [0.25, 0.3) is 0 Å². The highest BCUT2D eigenvalue weighted by Crippen LogP contribution is 2.23. The largest absolute Gasteiger partial charge is 0.351 e. The first-order valence-electron chi connectivity index (χ1n) is 6.13. The van der Waals surface area contributed by atoms with Gasteiger partial charge in [-0.1, -0.05) is 0 Å². The van der Waals surface area contributed by atoms with Crippen molar-refractivity contribution in [2.45, 2.75) is 25.4 Å². The lowest BCUT2D eigenvalue weighted by Crippen LogP contribution is -2.38. The summed E-state index contributed by atoms with van der Waals surface area (Å²) in [6.45, 7) is 2.59. The molecule has 2 rings (SSSR count). The highest BCUT2D eigenvalue weighted by molar-refractivity contribution is 5.39. The molecule has 0 radical (unpaired) electrons. The first-order valence-corrected chi connectivity index (χ1v) is 6.13. The van der Waals surface area contributed by atoms with Crippen LogP contribution in [0.15, 0.2) is 12.4 Å². The Morgan fingerprint density at radius 1 is 1.47 bits per heavy atom. The van der Waals surface area contributed by atoms with Crippen LogP contribution in [0.25, 0.3) is 0 Å². The molecule has 2 N–H and O–H groups in total. The third kappa shape index (κ3) is 2.92. The molecule has 0 aliphatic carbocycles. The van der Waals surface area contributed by atoms with Crippen LogP contribution in [0.4, 0.5) is 5.82 Å². The summed E-state index contributed by atoms with van der Waals surface area (Å²) in [4.78, 5) is 13.3. The van der Waals surface area contributed by atoms with Gasteiger partial charge in [-0.05, 0) is 26.9 Å². The molecule has 17 heavy (non-hydrogen) atoms. The molecule has 5 nitrogen and oxygen atoms in total. The lowest BCUT2D eigenvalue weighted by atomic mass is 10.2. The minimum Gasteiger partial charge on any atom is -0.351 e. The van der Waals surface area contributed by atoms with E-state index in [9.17, 15) is 0 Å². The molecule has 2 heterocycles. The Bertz CT molecular complexity index is 366. The predicted octanol–water partition coefficient (Wildman–Crippen LogP) is 0.466. The van der Waals surface area contributed by atoms with Crippen LogP contribution in [-0.2, 0) is 6.54 Å². The highest BCUT2D eigenvalue weighted by Gasteiger charge is 2.26. The standard InChI is InChI=1S/C12H21N5/c1-16(2)9-11-4-3-5-17(11)12-8-14-7-10(6-13)15-12/h7-8,11H,3-6,9,13H2,1-2H3. The zero-order valence-corrected chi connectivity index (χ0v) is 10.6. The summed E-state index contributed by atoms with van der Waals surface area (Å²) in [6.07, 6.45) is 6.04. The summed E-state index contributed by atoms with van der Waals surface area (Å²) in [5, 5.41) is 0. The van der Waals surface area contributed by atoms with Crippen molar-refractivity contribution >= 4 is 5.82 Å². The molecule has 5 heteroatoms. The van der Waals surface area contributed by atoms with Gasteiger partial charge in [0.05, 0.1) is 11.9 Å². The monoisotopic (exact) mass is 235 g/mol. The average Bonchev–Trinajstić information content (AvgIpc) is 2.76. The summed E-state index contributed by atoms with van der Waals surface area (Å²) < 4.78 is 0. The maximum Gasteiger partial charge on any atom is 0.147 e. The van der Waals surface area contributed by atoms with Gasteiger partial charge in [0.1, 0.15) is 5.82 Å². The van der Waals surface area contributed by atoms with Gasteiger partial charge in [0, 0.05) is 31.9 Å². The van der Waals surface area contributed by atoms with Crippen LogP contribution in [0.3, 0.4) is 0 Å². The molecule has 1 fully saturated rings. The summed E-state index contributed by atoms with van der Waals surface area (Å²) in [5.41, 5.74) is 6.46. The van der Waals surface area contributed by atoms with E-state index in [4.69, 9.17) is 5.73 Å². The molecule has 0 spiro atoms. The zero-order valence-electron chi connectivity index (χ0n) is 10.6. The Hall–Kier alpha value is -1.20. The van der Waals surface area contributed by atoms with Gasteiger partial charge >= 0.3 is 0 Å². The molecule has 0 bridgehead atoms. The molecule has 1 aromatic heterocycles. The van der Waals surface area contributed by atoms with Crippen LogP contribution in [0, 0.1) is 0 Å². The highest BCUT2D eigenvalue weighted by atomic mass is 15.3. The van der Waals surface area contributed by atoms with Crippen LogP contribution < -0.4 is 10.6 Å². The first-order chi connectivity index (χ1) is 8.20. The van der Waals surface area contributed by atoms with E-state index in [0.29, 0.717) is 12.6 Å². The lowest BCUT2D eigenvalue weighted by Gasteiger charge is -2.27. The van der Waals surface area contributed by atoms with E-state index < -0.39 is 0 Å². The first kappa shape index (κ1) is 12.3. The fourth-order valence-corrected chi connectivity index (χ4v) is 2.38. The van der Waals surface area contributed by atoms with Crippen LogP contribution in [0.1, 0.15) is 18.5 Å². The summed E-state index contributed by atoms with van der Waals surface area (Å²) in [7, 11) is 4.22. The number of hydrogen-bond donors (Lipinski definition) is 1. The summed E-state index contributed by atoms with van der Waals surface area (Å²) in [6, 6.07) is 0.548. The number of aromatic nitrogens is 2. The molecule has 0 saturated carbocycles. The molecule has 1 atom stereocenters. The molecular formula is C12H21N5. The van der Waals surface area contributed by atoms with Crippen molar-refractivity contribution in [1.82, 2.24) is 14.9 Å². The SMILES string of the molecule is CN(C)CC1CCCN1c1cncc(CN)n1. The number of nitrogens with zero attached hydrogens (tertiary/aromatic N) is 4. The van der Waals surface area contributed by atoms with E-state index in [1.807, 2.05) is 6.20 Å². The van der Waals surface area contributed by atoms with E-state index in [1.54, 1.807) is 6.20 Å². The van der Waals surface area contributed by atoms with Crippen LogP contribution in [-0.4, -0.2) is 48.1 Å². The molecule has 1 aliphatic rings. The van der Waals surface area contributed by atoms with E-state index in [-0.39, 0.29) is 0 Å². The van der Waals surface area contributed by atoms with Crippen molar-refractivity contribution in [3.8, 4) is 0 Å². The van der Waals surface area contributed by atoms with Crippen LogP contribution in [0.2, 0.25) is 0 Å². The molecular weight excluding hydrogens is 214 g/mol. The number of anilines is 1. The second-order valence-corrected chi connectivity index (χ2v) is 4.82. The van der Waals surface area contributed by atoms with Gasteiger partial charge in [0.2, 0.25) is 0 Å². The smallest absolute Gasteiger partial charge is 0.147 e. The van der Waals surface area contributed by atoms with Crippen LogP contribution in [0.5, 0.6) is 0 Å². The molecule has 1 saturated heterocycles. The Morgan fingerprint density at radius 3 is 3.00 bits per heavy atom. The van der Waals surface area contributed by atoms with E-state index in [2.05, 4.69) is 33.9 Å².